The molecule has 41 heavy (non-hydrogen) atoms. The van der Waals surface area contributed by atoms with Crippen LogP contribution in [0.2, 0.25) is 5.02 Å². The van der Waals surface area contributed by atoms with Gasteiger partial charge in [0.05, 0.1) is 16.4 Å². The predicted octanol–water partition coefficient (Wildman–Crippen LogP) is 9.31. The molecule has 0 saturated carbocycles. The van der Waals surface area contributed by atoms with Crippen LogP contribution in [0.3, 0.4) is 0 Å². The maximum absolute atomic E-state index is 13.7. The van der Waals surface area contributed by atoms with Crippen molar-refractivity contribution >= 4 is 45.6 Å². The molecular weight excluding hydrogens is 536 g/mol. The highest BCUT2D eigenvalue weighted by Gasteiger charge is 2.24. The Balaban J connectivity index is 1.86. The Labute approximate surface area is 249 Å². The first kappa shape index (κ1) is 32.3. The highest BCUT2D eigenvalue weighted by molar-refractivity contribution is 6.34. The molecular formula is C34H45ClN2O4. The number of aryl methyl sites for hydroxylation is 3. The minimum Gasteiger partial charge on any atom is -0.506 e. The number of phenolic OH excluding ortho intramolecular Hbond substituents is 1. The lowest BCUT2D eigenvalue weighted by molar-refractivity contribution is -0.123. The number of halogens is 1. The number of carbonyl (C=O) groups is 2. The minimum atomic E-state index is -0.756. The number of benzene rings is 3. The van der Waals surface area contributed by atoms with Gasteiger partial charge in [-0.15, -0.1) is 0 Å². The van der Waals surface area contributed by atoms with E-state index in [0.717, 1.165) is 52.5 Å². The predicted molar refractivity (Wildman–Crippen MR) is 171 cm³/mol. The molecule has 1 atom stereocenters. The molecule has 7 heteroatoms. The Kier molecular flexibility index (Phi) is 11.9. The fraction of sp³-hybridized carbons (Fsp3) is 0.471. The Hall–Kier alpha value is -3.25. The number of fused-ring (bicyclic) bond motifs is 1. The van der Waals surface area contributed by atoms with E-state index in [1.165, 1.54) is 56.7 Å². The van der Waals surface area contributed by atoms with Gasteiger partial charge in [0.2, 0.25) is 5.91 Å². The van der Waals surface area contributed by atoms with Gasteiger partial charge in [0.25, 0.3) is 5.91 Å². The quantitative estimate of drug-likeness (QED) is 0.131. The van der Waals surface area contributed by atoms with Crippen LogP contribution in [0.5, 0.6) is 11.5 Å². The minimum absolute atomic E-state index is 0.180. The number of carbonyl (C=O) groups excluding carboxylic acids is 2. The van der Waals surface area contributed by atoms with E-state index in [0.29, 0.717) is 6.42 Å². The summed E-state index contributed by atoms with van der Waals surface area (Å²) < 4.78 is 6.60. The maximum Gasteiger partial charge on any atom is 0.265 e. The van der Waals surface area contributed by atoms with E-state index in [1.54, 1.807) is 0 Å². The van der Waals surface area contributed by atoms with Crippen molar-refractivity contribution in [2.24, 2.45) is 0 Å². The van der Waals surface area contributed by atoms with Crippen molar-refractivity contribution in [3.05, 3.63) is 57.6 Å². The monoisotopic (exact) mass is 580 g/mol. The second kappa shape index (κ2) is 15.1. The van der Waals surface area contributed by atoms with Crippen LogP contribution < -0.4 is 15.4 Å². The molecule has 0 aromatic heterocycles. The summed E-state index contributed by atoms with van der Waals surface area (Å²) in [5.41, 5.74) is 4.91. The first-order chi connectivity index (χ1) is 19.5. The fourth-order valence-electron chi connectivity index (χ4n) is 5.04. The van der Waals surface area contributed by atoms with Crippen LogP contribution in [-0.4, -0.2) is 23.0 Å². The van der Waals surface area contributed by atoms with E-state index in [9.17, 15) is 14.7 Å². The topological polar surface area (TPSA) is 87.7 Å². The van der Waals surface area contributed by atoms with Crippen LogP contribution in [0.4, 0.5) is 11.4 Å². The Bertz CT molecular complexity index is 1380. The number of ether oxygens (including phenoxy) is 1. The van der Waals surface area contributed by atoms with Gasteiger partial charge in [0.15, 0.2) is 6.10 Å². The van der Waals surface area contributed by atoms with Crippen molar-refractivity contribution in [3.63, 3.8) is 0 Å². The number of nitrogens with one attached hydrogen (secondary N) is 2. The smallest absolute Gasteiger partial charge is 0.265 e. The van der Waals surface area contributed by atoms with Crippen molar-refractivity contribution < 1.29 is 19.4 Å². The molecule has 0 heterocycles. The van der Waals surface area contributed by atoms with Gasteiger partial charge in [-0.1, -0.05) is 75.6 Å². The van der Waals surface area contributed by atoms with E-state index in [-0.39, 0.29) is 34.0 Å². The second-order valence-corrected chi connectivity index (χ2v) is 11.6. The third kappa shape index (κ3) is 8.87. The number of hydrogen-bond donors (Lipinski definition) is 3. The van der Waals surface area contributed by atoms with Crippen molar-refractivity contribution in [1.82, 2.24) is 0 Å². The highest BCUT2D eigenvalue weighted by Crippen LogP contribution is 2.37. The molecule has 0 spiro atoms. The molecule has 222 valence electrons. The zero-order chi connectivity index (χ0) is 30.1. The maximum atomic E-state index is 13.7. The largest absolute Gasteiger partial charge is 0.506 e. The van der Waals surface area contributed by atoms with E-state index >= 15 is 0 Å². The van der Waals surface area contributed by atoms with E-state index in [2.05, 4.69) is 56.5 Å². The highest BCUT2D eigenvalue weighted by atomic mass is 35.5. The Morgan fingerprint density at radius 1 is 0.829 bits per heavy atom. The van der Waals surface area contributed by atoms with Crippen LogP contribution in [0.1, 0.15) is 93.9 Å². The van der Waals surface area contributed by atoms with Gasteiger partial charge >= 0.3 is 0 Å². The SMILES string of the molecule is CCCCCCCCCCC(Oc1c(C)c(C)cc2cc(C)c(C)cc12)C(=O)Nc1cc(O)c(NC(C)=O)cc1Cl. The number of unbranched alkanes of at least 4 members (excludes halogenated alkanes) is 7. The van der Waals surface area contributed by atoms with Gasteiger partial charge in [0.1, 0.15) is 11.5 Å². The average molecular weight is 581 g/mol. The lowest BCUT2D eigenvalue weighted by Gasteiger charge is -2.23. The molecule has 0 aliphatic heterocycles. The number of phenols is 1. The molecule has 6 nitrogen and oxygen atoms in total. The molecule has 0 radical (unpaired) electrons. The van der Waals surface area contributed by atoms with Crippen LogP contribution in [0.15, 0.2) is 30.3 Å². The lowest BCUT2D eigenvalue weighted by atomic mass is 9.97. The summed E-state index contributed by atoms with van der Waals surface area (Å²) in [5.74, 6) is -0.137. The van der Waals surface area contributed by atoms with E-state index < -0.39 is 6.10 Å². The average Bonchev–Trinajstić information content (AvgIpc) is 2.91. The third-order valence-corrected chi connectivity index (χ3v) is 8.05. The molecule has 3 rings (SSSR count). The van der Waals surface area contributed by atoms with E-state index in [1.807, 2.05) is 6.92 Å². The summed E-state index contributed by atoms with van der Waals surface area (Å²) in [5, 5.41) is 18.1. The second-order valence-electron chi connectivity index (χ2n) is 11.2. The normalized spacial score (nSPS) is 11.9. The van der Waals surface area contributed by atoms with Crippen molar-refractivity contribution in [1.29, 1.82) is 0 Å². The molecule has 0 bridgehead atoms. The molecule has 0 fully saturated rings. The number of rotatable bonds is 14. The molecule has 2 amide bonds. The van der Waals surface area contributed by atoms with Crippen LogP contribution in [0.25, 0.3) is 10.8 Å². The summed E-state index contributed by atoms with van der Waals surface area (Å²) in [6.07, 6.45) is 9.05. The summed E-state index contributed by atoms with van der Waals surface area (Å²) in [4.78, 5) is 25.1. The third-order valence-electron chi connectivity index (χ3n) is 7.74. The van der Waals surface area contributed by atoms with Crippen molar-refractivity contribution in [3.8, 4) is 11.5 Å². The summed E-state index contributed by atoms with van der Waals surface area (Å²) in [6.45, 7) is 11.8. The molecule has 0 saturated heterocycles. The van der Waals surface area contributed by atoms with Crippen molar-refractivity contribution in [2.75, 3.05) is 10.6 Å². The van der Waals surface area contributed by atoms with Gasteiger partial charge in [-0.05, 0) is 80.3 Å². The number of aromatic hydroxyl groups is 1. The molecule has 0 aliphatic carbocycles. The van der Waals surface area contributed by atoms with E-state index in [4.69, 9.17) is 16.3 Å². The number of hydrogen-bond acceptors (Lipinski definition) is 4. The Morgan fingerprint density at radius 3 is 2.10 bits per heavy atom. The zero-order valence-corrected chi connectivity index (χ0v) is 26.1. The number of amides is 2. The van der Waals surface area contributed by atoms with Crippen LogP contribution >= 0.6 is 11.6 Å². The first-order valence-corrected chi connectivity index (χ1v) is 15.2. The summed E-state index contributed by atoms with van der Waals surface area (Å²) >= 11 is 6.43. The standard InChI is InChI=1S/C34H45ClN2O4/c1-7-8-9-10-11-12-13-14-15-32(34(40)37-29-20-31(39)30(19-28(29)35)36-25(6)38)41-33-24(5)23(4)17-26-16-21(2)22(3)18-27(26)33/h16-20,32,39H,7-15H2,1-6H3,(H,36,38)(H,37,40). The molecule has 0 aliphatic rings. The van der Waals surface area contributed by atoms with Crippen LogP contribution in [-0.2, 0) is 9.59 Å². The number of anilines is 2. The van der Waals surface area contributed by atoms with Crippen molar-refractivity contribution in [2.45, 2.75) is 105 Å². The van der Waals surface area contributed by atoms with Crippen LogP contribution in [0, 0.1) is 27.7 Å². The molecule has 3 aromatic carbocycles. The van der Waals surface area contributed by atoms with Gasteiger partial charge in [-0.3, -0.25) is 9.59 Å². The van der Waals surface area contributed by atoms with Gasteiger partial charge < -0.3 is 20.5 Å². The first-order valence-electron chi connectivity index (χ1n) is 14.8. The fourth-order valence-corrected chi connectivity index (χ4v) is 5.25. The summed E-state index contributed by atoms with van der Waals surface area (Å²) in [6, 6.07) is 9.23. The zero-order valence-electron chi connectivity index (χ0n) is 25.4. The summed E-state index contributed by atoms with van der Waals surface area (Å²) in [7, 11) is 0. The molecule has 3 N–H and O–H groups in total. The van der Waals surface area contributed by atoms with Gasteiger partial charge in [0, 0.05) is 18.4 Å². The van der Waals surface area contributed by atoms with Gasteiger partial charge in [-0.25, -0.2) is 0 Å². The lowest BCUT2D eigenvalue weighted by Crippen LogP contribution is -2.33. The molecule has 3 aromatic rings. The Morgan fingerprint density at radius 2 is 1.44 bits per heavy atom. The van der Waals surface area contributed by atoms with Gasteiger partial charge in [-0.2, -0.15) is 0 Å². The molecule has 1 unspecified atom stereocenters.